The fourth-order valence-electron chi connectivity index (χ4n) is 2.10. The Labute approximate surface area is 120 Å². The Morgan fingerprint density at radius 1 is 1.47 bits per heavy atom. The van der Waals surface area contributed by atoms with Gasteiger partial charge in [0.15, 0.2) is 0 Å². The molecule has 1 amide bonds. The summed E-state index contributed by atoms with van der Waals surface area (Å²) in [6, 6.07) is 10.1. The maximum atomic E-state index is 12.1. The van der Waals surface area contributed by atoms with E-state index in [0.29, 0.717) is 13.2 Å². The Morgan fingerprint density at radius 3 is 2.79 bits per heavy atom. The highest BCUT2D eigenvalue weighted by Gasteiger charge is 2.23. The molecule has 1 fully saturated rings. The minimum atomic E-state index is -0.364. The molecule has 1 aromatic carbocycles. The average molecular weight is 285 g/mol. The molecule has 2 atom stereocenters. The van der Waals surface area contributed by atoms with E-state index in [0.717, 1.165) is 18.5 Å². The van der Waals surface area contributed by atoms with Crippen molar-refractivity contribution in [1.29, 1.82) is 0 Å². The van der Waals surface area contributed by atoms with Crippen LogP contribution in [-0.2, 0) is 9.53 Å². The quantitative estimate of drug-likeness (QED) is 0.884. The minimum absolute atomic E-state index is 0. The van der Waals surface area contributed by atoms with E-state index in [2.05, 4.69) is 17.6 Å². The largest absolute Gasteiger partial charge is 0.366 e. The predicted octanol–water partition coefficient (Wildman–Crippen LogP) is 1.66. The van der Waals surface area contributed by atoms with Gasteiger partial charge in [-0.25, -0.2) is 0 Å². The van der Waals surface area contributed by atoms with Gasteiger partial charge in [-0.3, -0.25) is 4.79 Å². The van der Waals surface area contributed by atoms with E-state index >= 15 is 0 Å². The molecule has 0 aliphatic carbocycles. The van der Waals surface area contributed by atoms with E-state index in [1.165, 1.54) is 0 Å². The van der Waals surface area contributed by atoms with Crippen molar-refractivity contribution in [2.45, 2.75) is 25.5 Å². The Morgan fingerprint density at radius 2 is 2.21 bits per heavy atom. The topological polar surface area (TPSA) is 50.4 Å². The summed E-state index contributed by atoms with van der Waals surface area (Å²) in [7, 11) is 0. The lowest BCUT2D eigenvalue weighted by Crippen LogP contribution is -2.48. The average Bonchev–Trinajstić information content (AvgIpc) is 2.46. The molecule has 0 radical (unpaired) electrons. The molecule has 1 heterocycles. The van der Waals surface area contributed by atoms with E-state index in [1.807, 2.05) is 30.3 Å². The van der Waals surface area contributed by atoms with E-state index < -0.39 is 0 Å². The van der Waals surface area contributed by atoms with Gasteiger partial charge in [-0.15, -0.1) is 12.4 Å². The van der Waals surface area contributed by atoms with E-state index in [1.54, 1.807) is 0 Å². The van der Waals surface area contributed by atoms with Crippen LogP contribution in [0.2, 0.25) is 0 Å². The summed E-state index contributed by atoms with van der Waals surface area (Å²) in [6.07, 6.45) is 0.507. The summed E-state index contributed by atoms with van der Waals surface area (Å²) in [5, 5.41) is 6.21. The van der Waals surface area contributed by atoms with Crippen molar-refractivity contribution in [3.8, 4) is 0 Å². The minimum Gasteiger partial charge on any atom is -0.366 e. The predicted molar refractivity (Wildman–Crippen MR) is 77.5 cm³/mol. The maximum absolute atomic E-state index is 12.1. The van der Waals surface area contributed by atoms with Crippen LogP contribution in [0.5, 0.6) is 0 Å². The van der Waals surface area contributed by atoms with Crippen molar-refractivity contribution in [1.82, 2.24) is 10.6 Å². The molecule has 2 N–H and O–H groups in total. The van der Waals surface area contributed by atoms with Crippen LogP contribution in [0.1, 0.15) is 24.9 Å². The molecule has 5 heteroatoms. The second-order valence-electron chi connectivity index (χ2n) is 4.44. The van der Waals surface area contributed by atoms with E-state index in [4.69, 9.17) is 4.74 Å². The Hall–Kier alpha value is -1.10. The van der Waals surface area contributed by atoms with Gasteiger partial charge >= 0.3 is 0 Å². The van der Waals surface area contributed by atoms with Gasteiger partial charge in [0.2, 0.25) is 0 Å². The highest BCUT2D eigenvalue weighted by molar-refractivity contribution is 5.85. The van der Waals surface area contributed by atoms with Crippen LogP contribution in [0.3, 0.4) is 0 Å². The van der Waals surface area contributed by atoms with Crippen LogP contribution in [-0.4, -0.2) is 31.7 Å². The fraction of sp³-hybridized carbons (Fsp3) is 0.500. The number of nitrogens with one attached hydrogen (secondary N) is 2. The molecule has 1 saturated heterocycles. The summed E-state index contributed by atoms with van der Waals surface area (Å²) in [5.74, 6) is -0.0297. The number of rotatable bonds is 4. The van der Waals surface area contributed by atoms with Crippen molar-refractivity contribution in [3.63, 3.8) is 0 Å². The van der Waals surface area contributed by atoms with Gasteiger partial charge in [0.05, 0.1) is 12.6 Å². The normalized spacial score (nSPS) is 20.2. The van der Waals surface area contributed by atoms with Crippen LogP contribution in [0.25, 0.3) is 0 Å². The molecule has 0 spiro atoms. The monoisotopic (exact) mass is 284 g/mol. The molecule has 1 aromatic rings. The van der Waals surface area contributed by atoms with Gasteiger partial charge in [-0.05, 0) is 12.0 Å². The van der Waals surface area contributed by atoms with Crippen LogP contribution >= 0.6 is 12.4 Å². The molecular formula is C14H21ClN2O2. The lowest BCUT2D eigenvalue weighted by atomic mass is 10.0. The summed E-state index contributed by atoms with van der Waals surface area (Å²) >= 11 is 0. The van der Waals surface area contributed by atoms with Gasteiger partial charge in [0.25, 0.3) is 5.91 Å². The number of carbonyl (C=O) groups excluding carboxylic acids is 1. The van der Waals surface area contributed by atoms with Crippen molar-refractivity contribution in [2.75, 3.05) is 19.7 Å². The molecule has 2 rings (SSSR count). The Kier molecular flexibility index (Phi) is 6.84. The number of hydrogen-bond donors (Lipinski definition) is 2. The smallest absolute Gasteiger partial charge is 0.250 e. The van der Waals surface area contributed by atoms with E-state index in [-0.39, 0.29) is 30.5 Å². The Bertz CT molecular complexity index is 380. The third kappa shape index (κ3) is 4.49. The van der Waals surface area contributed by atoms with Crippen molar-refractivity contribution in [2.24, 2.45) is 0 Å². The highest BCUT2D eigenvalue weighted by atomic mass is 35.5. The summed E-state index contributed by atoms with van der Waals surface area (Å²) in [5.41, 5.74) is 1.14. The van der Waals surface area contributed by atoms with Gasteiger partial charge in [0.1, 0.15) is 6.10 Å². The third-order valence-corrected chi connectivity index (χ3v) is 3.15. The van der Waals surface area contributed by atoms with E-state index in [9.17, 15) is 4.79 Å². The summed E-state index contributed by atoms with van der Waals surface area (Å²) < 4.78 is 5.45. The molecule has 0 saturated carbocycles. The van der Waals surface area contributed by atoms with Crippen molar-refractivity contribution >= 4 is 18.3 Å². The molecule has 0 aromatic heterocycles. The molecule has 106 valence electrons. The van der Waals surface area contributed by atoms with Crippen LogP contribution < -0.4 is 10.6 Å². The number of halogens is 1. The van der Waals surface area contributed by atoms with Gasteiger partial charge in [-0.1, -0.05) is 37.3 Å². The molecule has 0 bridgehead atoms. The molecule has 2 unspecified atom stereocenters. The maximum Gasteiger partial charge on any atom is 0.250 e. The zero-order valence-electron chi connectivity index (χ0n) is 11.1. The SMILES string of the molecule is CCC(NC(=O)C1CNCCO1)c1ccccc1.Cl. The van der Waals surface area contributed by atoms with Crippen LogP contribution in [0, 0.1) is 0 Å². The highest BCUT2D eigenvalue weighted by Crippen LogP contribution is 2.16. The zero-order valence-corrected chi connectivity index (χ0v) is 11.9. The van der Waals surface area contributed by atoms with Crippen LogP contribution in [0.4, 0.5) is 0 Å². The number of ether oxygens (including phenoxy) is 1. The lowest BCUT2D eigenvalue weighted by Gasteiger charge is -2.25. The first kappa shape index (κ1) is 16.0. The van der Waals surface area contributed by atoms with Crippen LogP contribution in [0.15, 0.2) is 30.3 Å². The first-order valence-electron chi connectivity index (χ1n) is 6.49. The first-order chi connectivity index (χ1) is 8.81. The number of amides is 1. The fourth-order valence-corrected chi connectivity index (χ4v) is 2.10. The number of carbonyl (C=O) groups is 1. The van der Waals surface area contributed by atoms with Crippen molar-refractivity contribution < 1.29 is 9.53 Å². The van der Waals surface area contributed by atoms with Gasteiger partial charge in [0, 0.05) is 13.1 Å². The standard InChI is InChI=1S/C14H20N2O2.ClH/c1-2-12(11-6-4-3-5-7-11)16-14(17)13-10-15-8-9-18-13;/h3-7,12-13,15H,2,8-10H2,1H3,(H,16,17);1H. The lowest BCUT2D eigenvalue weighted by molar-refractivity contribution is -0.135. The number of benzene rings is 1. The third-order valence-electron chi connectivity index (χ3n) is 3.15. The molecule has 19 heavy (non-hydrogen) atoms. The van der Waals surface area contributed by atoms with Gasteiger partial charge in [-0.2, -0.15) is 0 Å². The first-order valence-corrected chi connectivity index (χ1v) is 6.49. The van der Waals surface area contributed by atoms with Crippen molar-refractivity contribution in [3.05, 3.63) is 35.9 Å². The number of hydrogen-bond acceptors (Lipinski definition) is 3. The molecular weight excluding hydrogens is 264 g/mol. The second kappa shape index (κ2) is 8.15. The number of morpholine rings is 1. The molecule has 1 aliphatic rings. The second-order valence-corrected chi connectivity index (χ2v) is 4.44. The summed E-state index contributed by atoms with van der Waals surface area (Å²) in [6.45, 7) is 4.08. The summed E-state index contributed by atoms with van der Waals surface area (Å²) in [4.78, 5) is 12.1. The molecule has 4 nitrogen and oxygen atoms in total. The van der Waals surface area contributed by atoms with Gasteiger partial charge < -0.3 is 15.4 Å². The Balaban J connectivity index is 0.00000180. The zero-order chi connectivity index (χ0) is 12.8. The molecule has 1 aliphatic heterocycles.